The molecule has 0 aromatic rings. The predicted octanol–water partition coefficient (Wildman–Crippen LogP) is 3.09. The van der Waals surface area contributed by atoms with Gasteiger partial charge in [-0.3, -0.25) is 4.79 Å². The van der Waals surface area contributed by atoms with Gasteiger partial charge in [-0.2, -0.15) is 0 Å². The van der Waals surface area contributed by atoms with Gasteiger partial charge in [0, 0.05) is 32.4 Å². The highest BCUT2D eigenvalue weighted by Gasteiger charge is 2.14. The molecule has 0 N–H and O–H groups in total. The number of hydrogen-bond donors (Lipinski definition) is 0. The molecule has 0 radical (unpaired) electrons. The highest BCUT2D eigenvalue weighted by molar-refractivity contribution is 8.13. The summed E-state index contributed by atoms with van der Waals surface area (Å²) < 4.78 is 23.1. The van der Waals surface area contributed by atoms with Gasteiger partial charge in [-0.25, -0.2) is 0 Å². The first kappa shape index (κ1) is 27.0. The Bertz CT molecular complexity index is 335. The molecule has 0 saturated carbocycles. The lowest BCUT2D eigenvalue weighted by Crippen LogP contribution is -2.32. The monoisotopic (exact) mass is 423 g/mol. The SMILES string of the molecule is CCCCOCCOCCO[SiH](CCCSC(C)=O)OCCN(CC)CC. The summed E-state index contributed by atoms with van der Waals surface area (Å²) in [5.74, 6) is 0.840. The second kappa shape index (κ2) is 20.8. The van der Waals surface area contributed by atoms with Gasteiger partial charge in [0.05, 0.1) is 26.4 Å². The maximum Gasteiger partial charge on any atom is 0.321 e. The van der Waals surface area contributed by atoms with E-state index in [0.29, 0.717) is 33.0 Å². The van der Waals surface area contributed by atoms with Crippen LogP contribution in [0.15, 0.2) is 0 Å². The minimum absolute atomic E-state index is 0.172. The number of carbonyl (C=O) groups is 1. The van der Waals surface area contributed by atoms with E-state index < -0.39 is 9.28 Å². The highest BCUT2D eigenvalue weighted by Crippen LogP contribution is 2.09. The van der Waals surface area contributed by atoms with Crippen LogP contribution in [-0.2, 0) is 23.1 Å². The zero-order valence-corrected chi connectivity index (χ0v) is 19.8. The summed E-state index contributed by atoms with van der Waals surface area (Å²) in [6.45, 7) is 15.0. The van der Waals surface area contributed by atoms with E-state index in [4.69, 9.17) is 18.3 Å². The standard InChI is InChI=1S/C19H41NO5SSi/c1-5-8-11-22-13-14-23-15-16-25-27(18-9-17-26-19(4)21)24-12-10-20(6-2)7-3/h27H,5-18H2,1-4H3. The van der Waals surface area contributed by atoms with Gasteiger partial charge in [-0.1, -0.05) is 39.0 Å². The summed E-state index contributed by atoms with van der Waals surface area (Å²) >= 11 is 1.38. The van der Waals surface area contributed by atoms with Crippen molar-refractivity contribution < 1.29 is 23.1 Å². The Hall–Kier alpha value is 0.0369. The van der Waals surface area contributed by atoms with Gasteiger partial charge in [0.15, 0.2) is 5.12 Å². The third-order valence-corrected chi connectivity index (χ3v) is 7.03. The number of nitrogens with zero attached hydrogens (tertiary/aromatic N) is 1. The van der Waals surface area contributed by atoms with Crippen LogP contribution in [0.3, 0.4) is 0 Å². The van der Waals surface area contributed by atoms with Gasteiger partial charge in [-0.15, -0.1) is 0 Å². The molecule has 0 aromatic carbocycles. The molecule has 0 aliphatic carbocycles. The lowest BCUT2D eigenvalue weighted by Gasteiger charge is -2.21. The molecule has 0 rings (SSSR count). The van der Waals surface area contributed by atoms with Crippen LogP contribution in [0, 0.1) is 0 Å². The number of rotatable bonds is 20. The van der Waals surface area contributed by atoms with Gasteiger partial charge in [0.2, 0.25) is 0 Å². The lowest BCUT2D eigenvalue weighted by molar-refractivity contribution is -0.109. The molecule has 1 unspecified atom stereocenters. The maximum absolute atomic E-state index is 11.0. The fourth-order valence-electron chi connectivity index (χ4n) is 2.34. The van der Waals surface area contributed by atoms with E-state index >= 15 is 0 Å². The topological polar surface area (TPSA) is 57.2 Å². The Morgan fingerprint density at radius 2 is 1.52 bits per heavy atom. The van der Waals surface area contributed by atoms with Crippen molar-refractivity contribution in [1.29, 1.82) is 0 Å². The molecule has 0 spiro atoms. The minimum atomic E-state index is -1.71. The molecule has 6 nitrogen and oxygen atoms in total. The summed E-state index contributed by atoms with van der Waals surface area (Å²) in [7, 11) is -1.71. The van der Waals surface area contributed by atoms with E-state index in [9.17, 15) is 4.79 Å². The third-order valence-electron chi connectivity index (χ3n) is 4.04. The number of unbranched alkanes of at least 4 members (excludes halogenated alkanes) is 1. The first-order valence-corrected chi connectivity index (χ1v) is 13.1. The maximum atomic E-state index is 11.0. The predicted molar refractivity (Wildman–Crippen MR) is 116 cm³/mol. The van der Waals surface area contributed by atoms with Crippen molar-refractivity contribution in [3.8, 4) is 0 Å². The number of ether oxygens (including phenoxy) is 2. The van der Waals surface area contributed by atoms with Crippen LogP contribution >= 0.6 is 11.8 Å². The van der Waals surface area contributed by atoms with E-state index in [2.05, 4.69) is 25.7 Å². The number of likely N-dealkylation sites (N-methyl/N-ethyl adjacent to an activating group) is 1. The number of carbonyl (C=O) groups excluding carboxylic acids is 1. The summed E-state index contributed by atoms with van der Waals surface area (Å²) in [5, 5.41) is 0.172. The van der Waals surface area contributed by atoms with Gasteiger partial charge < -0.3 is 23.2 Å². The second-order valence-electron chi connectivity index (χ2n) is 6.26. The third kappa shape index (κ3) is 19.1. The molecule has 0 fully saturated rings. The van der Waals surface area contributed by atoms with Gasteiger partial charge >= 0.3 is 9.28 Å². The molecular formula is C19H41NO5SSi. The quantitative estimate of drug-likeness (QED) is 0.220. The molecule has 0 aromatic heterocycles. The van der Waals surface area contributed by atoms with Crippen molar-refractivity contribution in [3.05, 3.63) is 0 Å². The second-order valence-corrected chi connectivity index (χ2v) is 9.63. The van der Waals surface area contributed by atoms with E-state index in [1.54, 1.807) is 6.92 Å². The van der Waals surface area contributed by atoms with Crippen molar-refractivity contribution in [2.24, 2.45) is 0 Å². The largest absolute Gasteiger partial charge is 0.395 e. The fraction of sp³-hybridized carbons (Fsp3) is 0.947. The van der Waals surface area contributed by atoms with Crippen molar-refractivity contribution in [2.75, 3.05) is 65.0 Å². The molecule has 27 heavy (non-hydrogen) atoms. The molecule has 162 valence electrons. The summed E-state index contributed by atoms with van der Waals surface area (Å²) in [6.07, 6.45) is 3.21. The van der Waals surface area contributed by atoms with Crippen molar-refractivity contribution in [3.63, 3.8) is 0 Å². The van der Waals surface area contributed by atoms with Gasteiger partial charge in [-0.05, 0) is 32.0 Å². The average molecular weight is 424 g/mol. The minimum Gasteiger partial charge on any atom is -0.395 e. The van der Waals surface area contributed by atoms with E-state index in [0.717, 1.165) is 57.3 Å². The Labute approximate surface area is 172 Å². The molecule has 0 heterocycles. The Morgan fingerprint density at radius 1 is 0.889 bits per heavy atom. The smallest absolute Gasteiger partial charge is 0.321 e. The number of hydrogen-bond acceptors (Lipinski definition) is 7. The molecule has 0 aliphatic rings. The van der Waals surface area contributed by atoms with Crippen molar-refractivity contribution >= 4 is 26.2 Å². The fourth-order valence-corrected chi connectivity index (χ4v) is 4.93. The van der Waals surface area contributed by atoms with Gasteiger partial charge in [0.25, 0.3) is 0 Å². The van der Waals surface area contributed by atoms with Crippen LogP contribution in [0.4, 0.5) is 0 Å². The molecule has 8 heteroatoms. The molecule has 0 aliphatic heterocycles. The molecule has 0 saturated heterocycles. The Morgan fingerprint density at radius 3 is 2.15 bits per heavy atom. The van der Waals surface area contributed by atoms with Crippen LogP contribution in [0.5, 0.6) is 0 Å². The van der Waals surface area contributed by atoms with Crippen LogP contribution in [0.1, 0.15) is 47.0 Å². The average Bonchev–Trinajstić information content (AvgIpc) is 2.66. The summed E-state index contributed by atoms with van der Waals surface area (Å²) in [4.78, 5) is 13.4. The first-order chi connectivity index (χ1) is 13.1. The van der Waals surface area contributed by atoms with E-state index in [1.165, 1.54) is 11.8 Å². The molecule has 1 atom stereocenters. The zero-order chi connectivity index (χ0) is 20.2. The van der Waals surface area contributed by atoms with Crippen LogP contribution in [-0.4, -0.2) is 84.3 Å². The summed E-state index contributed by atoms with van der Waals surface area (Å²) in [6, 6.07) is 0.929. The lowest BCUT2D eigenvalue weighted by atomic mass is 10.4. The van der Waals surface area contributed by atoms with E-state index in [-0.39, 0.29) is 5.12 Å². The van der Waals surface area contributed by atoms with Crippen LogP contribution < -0.4 is 0 Å². The Kier molecular flexibility index (Phi) is 20.8. The van der Waals surface area contributed by atoms with Crippen LogP contribution in [0.25, 0.3) is 0 Å². The molecular weight excluding hydrogens is 382 g/mol. The van der Waals surface area contributed by atoms with E-state index in [1.807, 2.05) is 0 Å². The van der Waals surface area contributed by atoms with Crippen molar-refractivity contribution in [1.82, 2.24) is 4.90 Å². The highest BCUT2D eigenvalue weighted by atomic mass is 32.2. The normalized spacial score (nSPS) is 12.6. The van der Waals surface area contributed by atoms with Crippen LogP contribution in [0.2, 0.25) is 6.04 Å². The number of thioether (sulfide) groups is 1. The molecule has 0 bridgehead atoms. The van der Waals surface area contributed by atoms with Gasteiger partial charge in [0.1, 0.15) is 0 Å². The Balaban J connectivity index is 3.90. The first-order valence-electron chi connectivity index (χ1n) is 10.4. The molecule has 0 amide bonds. The zero-order valence-electron chi connectivity index (χ0n) is 17.9. The van der Waals surface area contributed by atoms with Crippen molar-refractivity contribution in [2.45, 2.75) is 53.0 Å². The summed E-state index contributed by atoms with van der Waals surface area (Å²) in [5.41, 5.74) is 0.